The first-order valence-corrected chi connectivity index (χ1v) is 10.8. The molecule has 2 N–H and O–H groups in total. The lowest BCUT2D eigenvalue weighted by Gasteiger charge is -2.22. The zero-order valence-electron chi connectivity index (χ0n) is 18.9. The second kappa shape index (κ2) is 11.0. The Morgan fingerprint density at radius 2 is 1.74 bits per heavy atom. The van der Waals surface area contributed by atoms with Gasteiger partial charge in [0.15, 0.2) is 6.61 Å². The van der Waals surface area contributed by atoms with E-state index in [0.29, 0.717) is 5.56 Å². The molecule has 0 aliphatic rings. The Kier molecular flexibility index (Phi) is 8.09. The van der Waals surface area contributed by atoms with Crippen molar-refractivity contribution in [3.05, 3.63) is 71.9 Å². The van der Waals surface area contributed by atoms with Gasteiger partial charge in [0.1, 0.15) is 6.04 Å². The average molecular weight is 473 g/mol. The topological polar surface area (TPSA) is 80.3 Å². The van der Waals surface area contributed by atoms with Gasteiger partial charge in [0.25, 0.3) is 0 Å². The quantitative estimate of drug-likeness (QED) is 0.489. The zero-order chi connectivity index (χ0) is 24.7. The number of fused-ring (bicyclic) bond motifs is 1. The number of aromatic nitrogens is 1. The van der Waals surface area contributed by atoms with Crippen LogP contribution in [0.2, 0.25) is 0 Å². The van der Waals surface area contributed by atoms with Crippen LogP contribution in [0.4, 0.5) is 13.2 Å². The highest BCUT2D eigenvalue weighted by atomic mass is 19.4. The highest BCUT2D eigenvalue weighted by molar-refractivity contribution is 5.89. The maximum absolute atomic E-state index is 12.7. The van der Waals surface area contributed by atoms with Crippen molar-refractivity contribution in [2.45, 2.75) is 39.0 Å². The van der Waals surface area contributed by atoms with E-state index in [1.807, 2.05) is 56.3 Å². The summed E-state index contributed by atoms with van der Waals surface area (Å²) in [4.78, 5) is 29.1. The Morgan fingerprint density at radius 1 is 1.00 bits per heavy atom. The molecule has 1 unspecified atom stereocenters. The minimum atomic E-state index is -4.47. The number of pyridine rings is 1. The van der Waals surface area contributed by atoms with Gasteiger partial charge < -0.3 is 15.4 Å². The summed E-state index contributed by atoms with van der Waals surface area (Å²) in [5.41, 5.74) is 1.35. The number of carbonyl (C=O) groups is 2. The summed E-state index contributed by atoms with van der Waals surface area (Å²) in [6.07, 6.45) is -3.04. The third-order valence-electron chi connectivity index (χ3n) is 5.09. The van der Waals surface area contributed by atoms with Crippen molar-refractivity contribution >= 4 is 22.6 Å². The first kappa shape index (κ1) is 25.0. The van der Waals surface area contributed by atoms with Crippen LogP contribution in [0.1, 0.15) is 25.0 Å². The molecular formula is C25H26F3N3O3. The molecule has 0 spiro atoms. The molecule has 180 valence electrons. The van der Waals surface area contributed by atoms with Crippen LogP contribution in [0.5, 0.6) is 5.88 Å². The van der Waals surface area contributed by atoms with Gasteiger partial charge in [0.05, 0.1) is 6.42 Å². The highest BCUT2D eigenvalue weighted by Gasteiger charge is 2.28. The average Bonchev–Trinajstić information content (AvgIpc) is 2.79. The molecule has 0 saturated heterocycles. The molecule has 1 atom stereocenters. The molecule has 0 radical (unpaired) electrons. The molecule has 9 heteroatoms. The number of amides is 2. The van der Waals surface area contributed by atoms with Gasteiger partial charge in [-0.05, 0) is 33.9 Å². The van der Waals surface area contributed by atoms with Gasteiger partial charge in [-0.15, -0.1) is 0 Å². The van der Waals surface area contributed by atoms with Crippen LogP contribution < -0.4 is 15.4 Å². The number of nitrogens with zero attached hydrogens (tertiary/aromatic N) is 1. The third kappa shape index (κ3) is 7.47. The fourth-order valence-corrected chi connectivity index (χ4v) is 3.39. The van der Waals surface area contributed by atoms with Gasteiger partial charge in [-0.2, -0.15) is 13.2 Å². The van der Waals surface area contributed by atoms with E-state index in [2.05, 4.69) is 20.4 Å². The summed E-state index contributed by atoms with van der Waals surface area (Å²) >= 11 is 0. The van der Waals surface area contributed by atoms with E-state index < -0.39 is 24.7 Å². The fraction of sp³-hybridized carbons (Fsp3) is 0.320. The number of hydrogen-bond donors (Lipinski definition) is 2. The minimum absolute atomic E-state index is 0.0491. The molecule has 1 aromatic heterocycles. The van der Waals surface area contributed by atoms with Gasteiger partial charge in [-0.3, -0.25) is 9.59 Å². The molecule has 6 nitrogen and oxygen atoms in total. The van der Waals surface area contributed by atoms with Crippen LogP contribution in [-0.4, -0.2) is 35.6 Å². The van der Waals surface area contributed by atoms with E-state index in [9.17, 15) is 22.8 Å². The van der Waals surface area contributed by atoms with Gasteiger partial charge in [0.2, 0.25) is 17.7 Å². The minimum Gasteiger partial charge on any atom is -0.468 e. The molecular weight excluding hydrogens is 447 g/mol. The Hall–Kier alpha value is -3.62. The summed E-state index contributed by atoms with van der Waals surface area (Å²) in [6, 6.07) is 15.7. The van der Waals surface area contributed by atoms with Crippen LogP contribution >= 0.6 is 0 Å². The fourth-order valence-electron chi connectivity index (χ4n) is 3.39. The highest BCUT2D eigenvalue weighted by Crippen LogP contribution is 2.18. The maximum Gasteiger partial charge on any atom is 0.422 e. The predicted molar refractivity (Wildman–Crippen MR) is 122 cm³/mol. The van der Waals surface area contributed by atoms with Crippen molar-refractivity contribution < 1.29 is 27.5 Å². The Balaban J connectivity index is 1.57. The Morgan fingerprint density at radius 3 is 2.44 bits per heavy atom. The van der Waals surface area contributed by atoms with E-state index >= 15 is 0 Å². The predicted octanol–water partition coefficient (Wildman–Crippen LogP) is 4.18. The number of hydrogen-bond acceptors (Lipinski definition) is 4. The zero-order valence-corrected chi connectivity index (χ0v) is 18.9. The summed E-state index contributed by atoms with van der Waals surface area (Å²) in [7, 11) is 0. The van der Waals surface area contributed by atoms with Gasteiger partial charge in [0, 0.05) is 18.8 Å². The lowest BCUT2D eigenvalue weighted by Crippen LogP contribution is -2.49. The lowest BCUT2D eigenvalue weighted by atomic mass is 10.0. The van der Waals surface area contributed by atoms with Crippen molar-refractivity contribution in [2.24, 2.45) is 5.92 Å². The molecule has 0 fully saturated rings. The smallest absolute Gasteiger partial charge is 0.422 e. The van der Waals surface area contributed by atoms with Crippen LogP contribution in [0, 0.1) is 5.92 Å². The number of carbonyl (C=O) groups excluding carboxylic acids is 2. The molecule has 0 aliphatic carbocycles. The number of halogens is 3. The standard InChI is InChI=1S/C25H26F3N3O3/c1-16(2)23(31-21(32)12-17-7-8-19-5-3-4-6-20(19)11-17)24(33)30-14-18-9-10-29-22(13-18)34-15-25(26,27)28/h3-11,13,16,23H,12,14-15H2,1-2H3,(H,30,33)(H,31,32). The van der Waals surface area contributed by atoms with Crippen molar-refractivity contribution in [1.82, 2.24) is 15.6 Å². The Bertz CT molecular complexity index is 1150. The van der Waals surface area contributed by atoms with Crippen LogP contribution in [0.25, 0.3) is 10.8 Å². The maximum atomic E-state index is 12.7. The number of rotatable bonds is 9. The normalized spacial score (nSPS) is 12.4. The number of benzene rings is 2. The largest absolute Gasteiger partial charge is 0.468 e. The van der Waals surface area contributed by atoms with Crippen LogP contribution in [-0.2, 0) is 22.6 Å². The van der Waals surface area contributed by atoms with Crippen LogP contribution in [0.15, 0.2) is 60.8 Å². The molecule has 0 bridgehead atoms. The number of alkyl halides is 3. The molecule has 34 heavy (non-hydrogen) atoms. The molecule has 0 aliphatic heterocycles. The first-order valence-electron chi connectivity index (χ1n) is 10.8. The molecule has 1 heterocycles. The van der Waals surface area contributed by atoms with Gasteiger partial charge >= 0.3 is 6.18 Å². The van der Waals surface area contributed by atoms with Crippen LogP contribution in [0.3, 0.4) is 0 Å². The summed E-state index contributed by atoms with van der Waals surface area (Å²) in [6.45, 7) is 2.23. The monoisotopic (exact) mass is 473 g/mol. The first-order chi connectivity index (χ1) is 16.1. The second-order valence-electron chi connectivity index (χ2n) is 8.27. The van der Waals surface area contributed by atoms with Gasteiger partial charge in [-0.25, -0.2) is 4.98 Å². The lowest BCUT2D eigenvalue weighted by molar-refractivity contribution is -0.154. The van der Waals surface area contributed by atoms with E-state index in [-0.39, 0.29) is 30.7 Å². The summed E-state index contributed by atoms with van der Waals surface area (Å²) < 4.78 is 41.6. The van der Waals surface area contributed by atoms with E-state index in [1.54, 1.807) is 6.07 Å². The van der Waals surface area contributed by atoms with Crippen molar-refractivity contribution in [2.75, 3.05) is 6.61 Å². The van der Waals surface area contributed by atoms with E-state index in [4.69, 9.17) is 0 Å². The third-order valence-corrected chi connectivity index (χ3v) is 5.09. The molecule has 2 aromatic carbocycles. The molecule has 2 amide bonds. The number of ether oxygens (including phenoxy) is 1. The van der Waals surface area contributed by atoms with Crippen molar-refractivity contribution in [1.29, 1.82) is 0 Å². The Labute approximate surface area is 195 Å². The summed E-state index contributed by atoms with van der Waals surface area (Å²) in [5, 5.41) is 7.61. The van der Waals surface area contributed by atoms with Crippen molar-refractivity contribution in [3.8, 4) is 5.88 Å². The molecule has 0 saturated carbocycles. The SMILES string of the molecule is CC(C)C(NC(=O)Cc1ccc2ccccc2c1)C(=O)NCc1ccnc(OCC(F)(F)F)c1. The van der Waals surface area contributed by atoms with Crippen molar-refractivity contribution in [3.63, 3.8) is 0 Å². The summed E-state index contributed by atoms with van der Waals surface area (Å²) in [5.74, 6) is -1.04. The second-order valence-corrected chi connectivity index (χ2v) is 8.27. The molecule has 3 rings (SSSR count). The number of nitrogens with one attached hydrogen (secondary N) is 2. The van der Waals surface area contributed by atoms with E-state index in [0.717, 1.165) is 16.3 Å². The van der Waals surface area contributed by atoms with Gasteiger partial charge in [-0.1, -0.05) is 56.3 Å². The van der Waals surface area contributed by atoms with E-state index in [1.165, 1.54) is 12.3 Å². The molecule has 3 aromatic rings.